The first-order chi connectivity index (χ1) is 7.44. The van der Waals surface area contributed by atoms with Crippen LogP contribution in [0.25, 0.3) is 0 Å². The molecule has 2 heterocycles. The van der Waals surface area contributed by atoms with Gasteiger partial charge in [-0.15, -0.1) is 0 Å². The molecular weight excluding hydrogens is 196 g/mol. The Morgan fingerprint density at radius 2 is 1.88 bits per heavy atom. The Labute approximate surface area is 99.9 Å². The Balaban J connectivity index is 1.93. The molecular formula is C15H26O. The summed E-state index contributed by atoms with van der Waals surface area (Å²) in [7, 11) is 0. The fourth-order valence-electron chi connectivity index (χ4n) is 5.09. The van der Waals surface area contributed by atoms with Crippen LogP contribution in [0.5, 0.6) is 0 Å². The molecule has 0 aromatic rings. The lowest BCUT2D eigenvalue weighted by Crippen LogP contribution is -2.63. The molecule has 0 radical (unpaired) electrons. The summed E-state index contributed by atoms with van der Waals surface area (Å²) in [5, 5.41) is 0. The molecule has 4 bridgehead atoms. The summed E-state index contributed by atoms with van der Waals surface area (Å²) in [6.07, 6.45) is 6.74. The first-order valence-electron chi connectivity index (χ1n) is 7.14. The van der Waals surface area contributed by atoms with E-state index in [-0.39, 0.29) is 11.2 Å². The highest BCUT2D eigenvalue weighted by molar-refractivity contribution is 5.08. The summed E-state index contributed by atoms with van der Waals surface area (Å²) >= 11 is 0. The number of hydrogen-bond donors (Lipinski definition) is 0. The largest absolute Gasteiger partial charge is 0.369 e. The summed E-state index contributed by atoms with van der Waals surface area (Å²) in [5.74, 6) is 3.63. The molecule has 0 amide bonds. The molecule has 16 heavy (non-hydrogen) atoms. The van der Waals surface area contributed by atoms with E-state index in [1.165, 1.54) is 32.1 Å². The zero-order valence-corrected chi connectivity index (χ0v) is 11.3. The maximum absolute atomic E-state index is 6.46. The van der Waals surface area contributed by atoms with Gasteiger partial charge in [0.05, 0.1) is 11.2 Å². The van der Waals surface area contributed by atoms with Crippen LogP contribution in [-0.2, 0) is 4.74 Å². The third-order valence-electron chi connectivity index (χ3n) is 5.81. The van der Waals surface area contributed by atoms with E-state index in [4.69, 9.17) is 4.74 Å². The van der Waals surface area contributed by atoms with Crippen molar-refractivity contribution < 1.29 is 4.74 Å². The van der Waals surface area contributed by atoms with Crippen molar-refractivity contribution >= 4 is 0 Å². The lowest BCUT2D eigenvalue weighted by Gasteiger charge is -2.63. The van der Waals surface area contributed by atoms with E-state index in [1.54, 1.807) is 0 Å². The van der Waals surface area contributed by atoms with Crippen molar-refractivity contribution in [2.24, 2.45) is 23.7 Å². The third-order valence-corrected chi connectivity index (χ3v) is 5.81. The molecule has 2 aliphatic heterocycles. The summed E-state index contributed by atoms with van der Waals surface area (Å²) in [5.41, 5.74) is 0.434. The van der Waals surface area contributed by atoms with Gasteiger partial charge >= 0.3 is 0 Å². The van der Waals surface area contributed by atoms with Crippen molar-refractivity contribution in [2.45, 2.75) is 71.0 Å². The SMILES string of the molecule is CC(C)[C@H]1CC[C@]2(C)O[C@@]3(C)CC[C@@H]2[C@@H]1C3. The second kappa shape index (κ2) is 3.25. The Kier molecular flexibility index (Phi) is 2.25. The van der Waals surface area contributed by atoms with E-state index in [0.717, 1.165) is 23.7 Å². The van der Waals surface area contributed by atoms with Crippen LogP contribution in [0.15, 0.2) is 0 Å². The van der Waals surface area contributed by atoms with Gasteiger partial charge in [-0.2, -0.15) is 0 Å². The second-order valence-electron chi connectivity index (χ2n) is 7.32. The van der Waals surface area contributed by atoms with Gasteiger partial charge in [0.2, 0.25) is 0 Å². The van der Waals surface area contributed by atoms with Crippen LogP contribution in [0, 0.1) is 23.7 Å². The Morgan fingerprint density at radius 3 is 2.50 bits per heavy atom. The lowest BCUT2D eigenvalue weighted by atomic mass is 9.52. The van der Waals surface area contributed by atoms with Crippen LogP contribution < -0.4 is 0 Å². The maximum atomic E-state index is 6.46. The van der Waals surface area contributed by atoms with Gasteiger partial charge in [0.1, 0.15) is 0 Å². The maximum Gasteiger partial charge on any atom is 0.0692 e. The van der Waals surface area contributed by atoms with Crippen molar-refractivity contribution in [3.63, 3.8) is 0 Å². The molecule has 2 aliphatic carbocycles. The topological polar surface area (TPSA) is 9.23 Å². The molecule has 1 heteroatoms. The normalized spacial score (nSPS) is 55.7. The molecule has 0 N–H and O–H groups in total. The van der Waals surface area contributed by atoms with Crippen LogP contribution in [-0.4, -0.2) is 11.2 Å². The van der Waals surface area contributed by atoms with Crippen molar-refractivity contribution in [2.75, 3.05) is 0 Å². The zero-order valence-electron chi connectivity index (χ0n) is 11.3. The highest BCUT2D eigenvalue weighted by atomic mass is 16.5. The van der Waals surface area contributed by atoms with Gasteiger partial charge < -0.3 is 4.74 Å². The molecule has 0 spiro atoms. The van der Waals surface area contributed by atoms with Crippen molar-refractivity contribution in [3.8, 4) is 0 Å². The summed E-state index contributed by atoms with van der Waals surface area (Å²) < 4.78 is 6.46. The van der Waals surface area contributed by atoms with Gasteiger partial charge in [0.15, 0.2) is 0 Å². The molecule has 0 aromatic carbocycles. The number of ether oxygens (including phenoxy) is 1. The van der Waals surface area contributed by atoms with Gasteiger partial charge in [-0.25, -0.2) is 0 Å². The van der Waals surface area contributed by atoms with E-state index in [1.807, 2.05) is 0 Å². The minimum atomic E-state index is 0.210. The summed E-state index contributed by atoms with van der Waals surface area (Å²) in [6.45, 7) is 9.58. The summed E-state index contributed by atoms with van der Waals surface area (Å²) in [4.78, 5) is 0. The molecule has 5 atom stereocenters. The van der Waals surface area contributed by atoms with Gasteiger partial charge in [-0.1, -0.05) is 13.8 Å². The van der Waals surface area contributed by atoms with E-state index in [0.29, 0.717) is 0 Å². The number of fused-ring (bicyclic) bond motifs is 1. The predicted molar refractivity (Wildman–Crippen MR) is 66.3 cm³/mol. The average molecular weight is 222 g/mol. The van der Waals surface area contributed by atoms with Gasteiger partial charge in [0, 0.05) is 0 Å². The third kappa shape index (κ3) is 1.40. The van der Waals surface area contributed by atoms with Crippen molar-refractivity contribution in [3.05, 3.63) is 0 Å². The fraction of sp³-hybridized carbons (Fsp3) is 1.00. The first kappa shape index (κ1) is 11.1. The van der Waals surface area contributed by atoms with E-state index >= 15 is 0 Å². The Hall–Kier alpha value is -0.0400. The highest BCUT2D eigenvalue weighted by Crippen LogP contribution is 2.60. The zero-order chi connectivity index (χ0) is 11.6. The minimum Gasteiger partial charge on any atom is -0.369 e. The predicted octanol–water partition coefficient (Wildman–Crippen LogP) is 4.02. The molecule has 1 nitrogen and oxygen atoms in total. The van der Waals surface area contributed by atoms with Gasteiger partial charge in [0.25, 0.3) is 0 Å². The molecule has 4 rings (SSSR count). The van der Waals surface area contributed by atoms with Crippen LogP contribution in [0.2, 0.25) is 0 Å². The molecule has 0 unspecified atom stereocenters. The summed E-state index contributed by atoms with van der Waals surface area (Å²) in [6, 6.07) is 0. The molecule has 2 saturated carbocycles. The van der Waals surface area contributed by atoms with Gasteiger partial charge in [-0.3, -0.25) is 0 Å². The van der Waals surface area contributed by atoms with Crippen molar-refractivity contribution in [1.82, 2.24) is 0 Å². The quantitative estimate of drug-likeness (QED) is 0.651. The molecule has 0 aromatic heterocycles. The fourth-order valence-corrected chi connectivity index (χ4v) is 5.09. The Morgan fingerprint density at radius 1 is 1.12 bits per heavy atom. The monoisotopic (exact) mass is 222 g/mol. The highest BCUT2D eigenvalue weighted by Gasteiger charge is 2.59. The molecule has 92 valence electrons. The lowest BCUT2D eigenvalue weighted by molar-refractivity contribution is -0.286. The molecule has 2 saturated heterocycles. The van der Waals surface area contributed by atoms with Crippen LogP contribution in [0.3, 0.4) is 0 Å². The second-order valence-corrected chi connectivity index (χ2v) is 7.32. The smallest absolute Gasteiger partial charge is 0.0692 e. The van der Waals surface area contributed by atoms with E-state index < -0.39 is 0 Å². The van der Waals surface area contributed by atoms with Crippen LogP contribution >= 0.6 is 0 Å². The number of hydrogen-bond acceptors (Lipinski definition) is 1. The average Bonchev–Trinajstić information content (AvgIpc) is 2.14. The van der Waals surface area contributed by atoms with Crippen LogP contribution in [0.4, 0.5) is 0 Å². The molecule has 4 fully saturated rings. The molecule has 4 aliphatic rings. The standard InChI is InChI=1S/C15H26O/c1-10(2)11-5-8-15(4)13-6-7-14(3,16-15)9-12(11)13/h10-13H,5-9H2,1-4H3/t11-,12-,13-,14+,15+/m1/s1. The van der Waals surface area contributed by atoms with Gasteiger partial charge in [-0.05, 0) is 69.6 Å². The Bertz CT molecular complexity index is 298. The van der Waals surface area contributed by atoms with Crippen LogP contribution in [0.1, 0.15) is 59.8 Å². The number of rotatable bonds is 1. The van der Waals surface area contributed by atoms with E-state index in [2.05, 4.69) is 27.7 Å². The van der Waals surface area contributed by atoms with E-state index in [9.17, 15) is 0 Å². The van der Waals surface area contributed by atoms with Crippen molar-refractivity contribution in [1.29, 1.82) is 0 Å². The first-order valence-corrected chi connectivity index (χ1v) is 7.14. The minimum absolute atomic E-state index is 0.210.